The molecule has 29 heavy (non-hydrogen) atoms. The van der Waals surface area contributed by atoms with Crippen molar-refractivity contribution in [2.24, 2.45) is 5.92 Å². The minimum Gasteiger partial charge on any atom is -0.461 e. The average molecular weight is 404 g/mol. The van der Waals surface area contributed by atoms with Crippen molar-refractivity contribution in [3.05, 3.63) is 35.9 Å². The second-order valence-electron chi connectivity index (χ2n) is 7.83. The molecular weight excluding hydrogens is 370 g/mol. The van der Waals surface area contributed by atoms with Gasteiger partial charge in [0.2, 0.25) is 11.8 Å². The molecule has 1 fully saturated rings. The summed E-state index contributed by atoms with van der Waals surface area (Å²) in [7, 11) is 0. The number of hydrogen-bond donors (Lipinski definition) is 2. The molecule has 1 aliphatic rings. The third-order valence-electron chi connectivity index (χ3n) is 4.81. The van der Waals surface area contributed by atoms with E-state index in [9.17, 15) is 14.4 Å². The lowest BCUT2D eigenvalue weighted by molar-refractivity contribution is -0.144. The van der Waals surface area contributed by atoms with Gasteiger partial charge in [-0.3, -0.25) is 19.3 Å². The molecule has 1 saturated heterocycles. The van der Waals surface area contributed by atoms with Gasteiger partial charge in [0.25, 0.3) is 0 Å². The first-order valence-corrected chi connectivity index (χ1v) is 10.4. The number of amides is 2. The quantitative estimate of drug-likeness (QED) is 0.551. The second-order valence-corrected chi connectivity index (χ2v) is 7.83. The van der Waals surface area contributed by atoms with Crippen LogP contribution >= 0.6 is 0 Å². The van der Waals surface area contributed by atoms with Crippen LogP contribution in [0.15, 0.2) is 30.3 Å². The van der Waals surface area contributed by atoms with E-state index in [1.807, 2.05) is 30.3 Å². The number of hydrogen-bond acceptors (Lipinski definition) is 5. The van der Waals surface area contributed by atoms with Gasteiger partial charge < -0.3 is 15.4 Å². The highest BCUT2D eigenvalue weighted by atomic mass is 16.5. The zero-order chi connectivity index (χ0) is 21.1. The van der Waals surface area contributed by atoms with Gasteiger partial charge in [0.1, 0.15) is 6.61 Å². The summed E-state index contributed by atoms with van der Waals surface area (Å²) >= 11 is 0. The van der Waals surface area contributed by atoms with Crippen molar-refractivity contribution in [3.63, 3.8) is 0 Å². The van der Waals surface area contributed by atoms with Crippen LogP contribution in [0.4, 0.5) is 0 Å². The van der Waals surface area contributed by atoms with Crippen molar-refractivity contribution < 1.29 is 19.1 Å². The standard InChI is InChI=1S/C22H33N3O4/c1-17(2)15-25-14-6-9-19(25)22(28)24-12-10-20(26)23-13-11-21(27)29-16-18-7-4-3-5-8-18/h3-5,7-8,17,19H,6,9-16H2,1-2H3,(H,23,26)(H,24,28). The Morgan fingerprint density at radius 1 is 1.10 bits per heavy atom. The van der Waals surface area contributed by atoms with Crippen molar-refractivity contribution >= 4 is 17.8 Å². The summed E-state index contributed by atoms with van der Waals surface area (Å²) in [5.74, 6) is -0.0189. The molecule has 7 heteroatoms. The van der Waals surface area contributed by atoms with Gasteiger partial charge >= 0.3 is 5.97 Å². The highest BCUT2D eigenvalue weighted by molar-refractivity contribution is 5.83. The van der Waals surface area contributed by atoms with Gasteiger partial charge in [0, 0.05) is 26.1 Å². The van der Waals surface area contributed by atoms with Gasteiger partial charge in [-0.1, -0.05) is 44.2 Å². The number of esters is 1. The van der Waals surface area contributed by atoms with Crippen molar-refractivity contribution in [3.8, 4) is 0 Å². The number of carbonyl (C=O) groups excluding carboxylic acids is 3. The van der Waals surface area contributed by atoms with Crippen LogP contribution in [-0.2, 0) is 25.7 Å². The molecule has 1 unspecified atom stereocenters. The predicted molar refractivity (Wildman–Crippen MR) is 111 cm³/mol. The Morgan fingerprint density at radius 2 is 1.83 bits per heavy atom. The molecule has 0 bridgehead atoms. The van der Waals surface area contributed by atoms with Gasteiger partial charge in [0.05, 0.1) is 12.5 Å². The van der Waals surface area contributed by atoms with E-state index in [0.717, 1.165) is 31.5 Å². The number of likely N-dealkylation sites (tertiary alicyclic amines) is 1. The third-order valence-corrected chi connectivity index (χ3v) is 4.81. The lowest BCUT2D eigenvalue weighted by Gasteiger charge is -2.25. The molecule has 0 saturated carbocycles. The van der Waals surface area contributed by atoms with Crippen LogP contribution in [0.25, 0.3) is 0 Å². The molecule has 2 N–H and O–H groups in total. The molecule has 160 valence electrons. The number of nitrogens with one attached hydrogen (secondary N) is 2. The van der Waals surface area contributed by atoms with Crippen LogP contribution in [0.1, 0.15) is 45.1 Å². The first kappa shape index (κ1) is 22.9. The molecule has 0 radical (unpaired) electrons. The molecule has 1 atom stereocenters. The van der Waals surface area contributed by atoms with E-state index in [1.54, 1.807) is 0 Å². The molecule has 2 amide bonds. The smallest absolute Gasteiger partial charge is 0.307 e. The number of ether oxygens (including phenoxy) is 1. The van der Waals surface area contributed by atoms with Crippen LogP contribution in [0.5, 0.6) is 0 Å². The largest absolute Gasteiger partial charge is 0.461 e. The monoisotopic (exact) mass is 403 g/mol. The highest BCUT2D eigenvalue weighted by Gasteiger charge is 2.30. The Bertz CT molecular complexity index is 663. The van der Waals surface area contributed by atoms with Crippen LogP contribution in [-0.4, -0.2) is 54.9 Å². The summed E-state index contributed by atoms with van der Waals surface area (Å²) in [4.78, 5) is 38.2. The molecule has 0 aliphatic carbocycles. The molecule has 7 nitrogen and oxygen atoms in total. The third kappa shape index (κ3) is 8.64. The fraction of sp³-hybridized carbons (Fsp3) is 0.591. The van der Waals surface area contributed by atoms with E-state index in [1.165, 1.54) is 0 Å². The Kier molecular flexibility index (Phi) is 9.64. The summed E-state index contributed by atoms with van der Waals surface area (Å²) in [6, 6.07) is 9.36. The molecule has 0 aromatic heterocycles. The number of benzene rings is 1. The van der Waals surface area contributed by atoms with Crippen molar-refractivity contribution in [1.29, 1.82) is 0 Å². The predicted octanol–water partition coefficient (Wildman–Crippen LogP) is 1.86. The van der Waals surface area contributed by atoms with Gasteiger partial charge in [-0.2, -0.15) is 0 Å². The van der Waals surface area contributed by atoms with Crippen LogP contribution in [0, 0.1) is 5.92 Å². The Labute approximate surface area is 173 Å². The van der Waals surface area contributed by atoms with Gasteiger partial charge in [-0.25, -0.2) is 0 Å². The summed E-state index contributed by atoms with van der Waals surface area (Å²) in [6.45, 7) is 6.93. The normalized spacial score (nSPS) is 16.6. The van der Waals surface area contributed by atoms with Crippen LogP contribution in [0.2, 0.25) is 0 Å². The molecule has 1 aromatic rings. The number of carbonyl (C=O) groups is 3. The van der Waals surface area contributed by atoms with E-state index >= 15 is 0 Å². The van der Waals surface area contributed by atoms with E-state index < -0.39 is 0 Å². The zero-order valence-electron chi connectivity index (χ0n) is 17.5. The molecule has 1 aromatic carbocycles. The number of nitrogens with zero attached hydrogens (tertiary/aromatic N) is 1. The van der Waals surface area contributed by atoms with Gasteiger partial charge in [-0.05, 0) is 30.9 Å². The zero-order valence-corrected chi connectivity index (χ0v) is 17.5. The van der Waals surface area contributed by atoms with Crippen molar-refractivity contribution in [2.45, 2.75) is 52.2 Å². The van der Waals surface area contributed by atoms with Crippen molar-refractivity contribution in [2.75, 3.05) is 26.2 Å². The van der Waals surface area contributed by atoms with Gasteiger partial charge in [-0.15, -0.1) is 0 Å². The Hall–Kier alpha value is -2.41. The van der Waals surface area contributed by atoms with E-state index in [2.05, 4.69) is 29.4 Å². The fourth-order valence-corrected chi connectivity index (χ4v) is 3.43. The topological polar surface area (TPSA) is 87.7 Å². The summed E-state index contributed by atoms with van der Waals surface area (Å²) < 4.78 is 5.16. The minimum atomic E-state index is -0.353. The lowest BCUT2D eigenvalue weighted by atomic mass is 10.1. The first-order chi connectivity index (χ1) is 14.0. The van der Waals surface area contributed by atoms with Gasteiger partial charge in [0.15, 0.2) is 0 Å². The maximum absolute atomic E-state index is 12.4. The fourth-order valence-electron chi connectivity index (χ4n) is 3.43. The van der Waals surface area contributed by atoms with E-state index in [-0.39, 0.29) is 49.8 Å². The molecule has 1 aliphatic heterocycles. The SMILES string of the molecule is CC(C)CN1CCCC1C(=O)NCCC(=O)NCCC(=O)OCc1ccccc1. The molecule has 1 heterocycles. The minimum absolute atomic E-state index is 0.000407. The lowest BCUT2D eigenvalue weighted by Crippen LogP contribution is -2.45. The van der Waals surface area contributed by atoms with Crippen LogP contribution < -0.4 is 10.6 Å². The Balaban J connectivity index is 1.55. The second kappa shape index (κ2) is 12.2. The average Bonchev–Trinajstić information content (AvgIpc) is 3.14. The highest BCUT2D eigenvalue weighted by Crippen LogP contribution is 2.18. The van der Waals surface area contributed by atoms with E-state index in [4.69, 9.17) is 4.74 Å². The van der Waals surface area contributed by atoms with E-state index in [0.29, 0.717) is 12.5 Å². The maximum Gasteiger partial charge on any atom is 0.307 e. The maximum atomic E-state index is 12.4. The van der Waals surface area contributed by atoms with Crippen molar-refractivity contribution in [1.82, 2.24) is 15.5 Å². The summed E-state index contributed by atoms with van der Waals surface area (Å²) in [5.41, 5.74) is 0.926. The van der Waals surface area contributed by atoms with Crippen LogP contribution in [0.3, 0.4) is 0 Å². The summed E-state index contributed by atoms with van der Waals surface area (Å²) in [6.07, 6.45) is 2.22. The number of rotatable bonds is 11. The molecule has 0 spiro atoms. The molecule has 2 rings (SSSR count). The molecular formula is C22H33N3O4. The Morgan fingerprint density at radius 3 is 2.55 bits per heavy atom. The summed E-state index contributed by atoms with van der Waals surface area (Å²) in [5, 5.41) is 5.55. The first-order valence-electron chi connectivity index (χ1n) is 10.4.